The van der Waals surface area contributed by atoms with Gasteiger partial charge in [0.25, 0.3) is 0 Å². The Bertz CT molecular complexity index is 113. The number of quaternary nitrogens is 1. The molecule has 0 radical (unpaired) electrons. The Labute approximate surface area is 119 Å². The second-order valence-electron chi connectivity index (χ2n) is 4.54. The van der Waals surface area contributed by atoms with Crippen LogP contribution in [0.4, 0.5) is 0 Å². The smallest absolute Gasteiger partial charge is 0.0786 e. The molecule has 0 saturated heterocycles. The van der Waals surface area contributed by atoms with Gasteiger partial charge in [-0.2, -0.15) is 0 Å². The molecule has 0 atom stereocenters. The normalized spacial score (nSPS) is 10.0. The first kappa shape index (κ1) is 23.1. The van der Waals surface area contributed by atoms with Crippen LogP contribution in [-0.4, -0.2) is 30.7 Å². The fourth-order valence-corrected chi connectivity index (χ4v) is 2.27. The van der Waals surface area contributed by atoms with Crippen molar-refractivity contribution in [3.63, 3.8) is 0 Å². The summed E-state index contributed by atoms with van der Waals surface area (Å²) in [6, 6.07) is 0. The number of hydrogen-bond donors (Lipinski definition) is 0. The minimum absolute atomic E-state index is 1.33. The summed E-state index contributed by atoms with van der Waals surface area (Å²) in [6.07, 6.45) is 6.82. The van der Waals surface area contributed by atoms with E-state index in [0.717, 1.165) is 0 Å². The van der Waals surface area contributed by atoms with E-state index < -0.39 is 0 Å². The molecule has 114 valence electrons. The third-order valence-electron chi connectivity index (χ3n) is 3.34. The number of unbranched alkanes of at least 4 members (excludes halogenated alkanes) is 2. The van der Waals surface area contributed by atoms with Gasteiger partial charge < -0.3 is 4.48 Å². The molecule has 0 spiro atoms. The van der Waals surface area contributed by atoms with Gasteiger partial charge >= 0.3 is 0 Å². The number of hydrogen-bond acceptors (Lipinski definition) is 0. The van der Waals surface area contributed by atoms with Crippen molar-refractivity contribution in [3.8, 4) is 0 Å². The molecule has 0 fully saturated rings. The lowest BCUT2D eigenvalue weighted by Crippen LogP contribution is -2.49. The maximum absolute atomic E-state index is 2.36. The quantitative estimate of drug-likeness (QED) is 0.454. The molecular formula is C17H42N+. The highest BCUT2D eigenvalue weighted by molar-refractivity contribution is 4.45. The van der Waals surface area contributed by atoms with Gasteiger partial charge in [0.1, 0.15) is 0 Å². The van der Waals surface area contributed by atoms with Crippen molar-refractivity contribution in [3.05, 3.63) is 0 Å². The van der Waals surface area contributed by atoms with E-state index in [1.807, 2.05) is 27.7 Å². The van der Waals surface area contributed by atoms with Gasteiger partial charge in [0, 0.05) is 0 Å². The van der Waals surface area contributed by atoms with Crippen molar-refractivity contribution in [1.82, 2.24) is 0 Å². The molecule has 0 heterocycles. The van der Waals surface area contributed by atoms with E-state index in [1.54, 1.807) is 0 Å². The summed E-state index contributed by atoms with van der Waals surface area (Å²) in [5.41, 5.74) is 0. The molecule has 18 heavy (non-hydrogen) atoms. The molecule has 0 aliphatic heterocycles. The molecule has 0 rings (SSSR count). The van der Waals surface area contributed by atoms with Gasteiger partial charge in [0.2, 0.25) is 0 Å². The molecule has 0 bridgehead atoms. The van der Waals surface area contributed by atoms with Crippen LogP contribution in [0.3, 0.4) is 0 Å². The minimum Gasteiger partial charge on any atom is -0.324 e. The SMILES string of the molecule is CC.CC.CCCC[N+](CC)(CCC)CCCC. The summed E-state index contributed by atoms with van der Waals surface area (Å²) in [4.78, 5) is 0. The van der Waals surface area contributed by atoms with Crippen LogP contribution in [-0.2, 0) is 0 Å². The maximum atomic E-state index is 2.36. The van der Waals surface area contributed by atoms with Crippen molar-refractivity contribution in [2.24, 2.45) is 0 Å². The fraction of sp³-hybridized carbons (Fsp3) is 1.00. The van der Waals surface area contributed by atoms with Crippen molar-refractivity contribution >= 4 is 0 Å². The van der Waals surface area contributed by atoms with Gasteiger partial charge in [0.15, 0.2) is 0 Å². The largest absolute Gasteiger partial charge is 0.324 e. The molecule has 0 aromatic rings. The number of rotatable bonds is 9. The second-order valence-corrected chi connectivity index (χ2v) is 4.54. The Morgan fingerprint density at radius 1 is 0.556 bits per heavy atom. The van der Waals surface area contributed by atoms with E-state index in [1.165, 1.54) is 62.8 Å². The van der Waals surface area contributed by atoms with Crippen LogP contribution in [0.15, 0.2) is 0 Å². The van der Waals surface area contributed by atoms with Crippen LogP contribution in [0.25, 0.3) is 0 Å². The van der Waals surface area contributed by atoms with E-state index in [-0.39, 0.29) is 0 Å². The third kappa shape index (κ3) is 12.4. The Balaban J connectivity index is -0.000000506. The summed E-state index contributed by atoms with van der Waals surface area (Å²) in [6.45, 7) is 22.8. The molecule has 0 N–H and O–H groups in total. The van der Waals surface area contributed by atoms with Crippen molar-refractivity contribution < 1.29 is 4.48 Å². The predicted octanol–water partition coefficient (Wildman–Crippen LogP) is 5.89. The average Bonchev–Trinajstić information content (AvgIpc) is 2.46. The van der Waals surface area contributed by atoms with Gasteiger partial charge in [-0.25, -0.2) is 0 Å². The highest BCUT2D eigenvalue weighted by Crippen LogP contribution is 2.12. The van der Waals surface area contributed by atoms with Crippen molar-refractivity contribution in [1.29, 1.82) is 0 Å². The van der Waals surface area contributed by atoms with Crippen molar-refractivity contribution in [2.75, 3.05) is 26.2 Å². The first-order valence-corrected chi connectivity index (χ1v) is 8.59. The molecule has 1 heteroatoms. The zero-order valence-corrected chi connectivity index (χ0v) is 14.8. The minimum atomic E-state index is 1.33. The second kappa shape index (κ2) is 19.3. The van der Waals surface area contributed by atoms with Crippen LogP contribution < -0.4 is 0 Å². The molecule has 0 unspecified atom stereocenters. The lowest BCUT2D eigenvalue weighted by atomic mass is 10.2. The Kier molecular flexibility index (Phi) is 24.8. The molecule has 0 aromatic heterocycles. The zero-order valence-electron chi connectivity index (χ0n) is 14.8. The fourth-order valence-electron chi connectivity index (χ4n) is 2.27. The van der Waals surface area contributed by atoms with E-state index in [9.17, 15) is 0 Å². The van der Waals surface area contributed by atoms with Crippen molar-refractivity contribution in [2.45, 2.75) is 87.5 Å². The first-order valence-electron chi connectivity index (χ1n) is 8.59. The highest BCUT2D eigenvalue weighted by atomic mass is 15.3. The number of nitrogens with zero attached hydrogens (tertiary/aromatic N) is 1. The topological polar surface area (TPSA) is 0 Å². The van der Waals surface area contributed by atoms with Crippen LogP contribution in [0.2, 0.25) is 0 Å². The van der Waals surface area contributed by atoms with Crippen LogP contribution >= 0.6 is 0 Å². The highest BCUT2D eigenvalue weighted by Gasteiger charge is 2.22. The van der Waals surface area contributed by atoms with E-state index in [0.29, 0.717) is 0 Å². The van der Waals surface area contributed by atoms with Gasteiger partial charge in [-0.1, -0.05) is 61.3 Å². The summed E-state index contributed by atoms with van der Waals surface area (Å²) in [5.74, 6) is 0. The molecule has 0 amide bonds. The van der Waals surface area contributed by atoms with Crippen LogP contribution in [0, 0.1) is 0 Å². The average molecular weight is 261 g/mol. The molecule has 0 aliphatic rings. The van der Waals surface area contributed by atoms with Gasteiger partial charge in [-0.3, -0.25) is 0 Å². The monoisotopic (exact) mass is 260 g/mol. The predicted molar refractivity (Wildman–Crippen MR) is 88.2 cm³/mol. The molecule has 1 nitrogen and oxygen atoms in total. The maximum Gasteiger partial charge on any atom is 0.0786 e. The van der Waals surface area contributed by atoms with Gasteiger partial charge in [-0.05, 0) is 26.2 Å². The first-order chi connectivity index (χ1) is 8.74. The van der Waals surface area contributed by atoms with Crippen LogP contribution in [0.1, 0.15) is 87.5 Å². The molecule has 0 aliphatic carbocycles. The van der Waals surface area contributed by atoms with Crippen LogP contribution in [0.5, 0.6) is 0 Å². The summed E-state index contributed by atoms with van der Waals surface area (Å²) >= 11 is 0. The van der Waals surface area contributed by atoms with E-state index in [4.69, 9.17) is 0 Å². The lowest BCUT2D eigenvalue weighted by Gasteiger charge is -2.38. The standard InChI is InChI=1S/C13H30N.2C2H6/c1-5-9-12-14(8-4,11-7-3)13-10-6-2;2*1-2/h5-13H2,1-4H3;2*1-2H3/q+1;;. The van der Waals surface area contributed by atoms with E-state index in [2.05, 4.69) is 27.7 Å². The summed E-state index contributed by atoms with van der Waals surface area (Å²) in [7, 11) is 0. The Hall–Kier alpha value is -0.0400. The lowest BCUT2D eigenvalue weighted by molar-refractivity contribution is -0.927. The third-order valence-corrected chi connectivity index (χ3v) is 3.34. The molecule has 0 aromatic carbocycles. The summed E-state index contributed by atoms with van der Waals surface area (Å²) < 4.78 is 1.37. The molecule has 0 saturated carbocycles. The van der Waals surface area contributed by atoms with Gasteiger partial charge in [0.05, 0.1) is 26.2 Å². The zero-order chi connectivity index (χ0) is 14.9. The Morgan fingerprint density at radius 2 is 0.944 bits per heavy atom. The molecular weight excluding hydrogens is 218 g/mol. The summed E-state index contributed by atoms with van der Waals surface area (Å²) in [5, 5.41) is 0. The van der Waals surface area contributed by atoms with E-state index >= 15 is 0 Å². The van der Waals surface area contributed by atoms with Gasteiger partial charge in [-0.15, -0.1) is 0 Å². The Morgan fingerprint density at radius 3 is 1.17 bits per heavy atom.